The van der Waals surface area contributed by atoms with E-state index in [1.54, 1.807) is 0 Å². The van der Waals surface area contributed by atoms with Crippen LogP contribution in [0.3, 0.4) is 0 Å². The van der Waals surface area contributed by atoms with Gasteiger partial charge in [0.25, 0.3) is 0 Å². The largest absolute Gasteiger partial charge is 0.396 e. The fraction of sp³-hybridized carbons (Fsp3) is 1.00. The van der Waals surface area contributed by atoms with Gasteiger partial charge in [-0.3, -0.25) is 0 Å². The minimum absolute atomic E-state index is 0.0852. The normalized spacial score (nSPS) is 32.4. The Labute approximate surface area is 115 Å². The Bertz CT molecular complexity index is 292. The number of ether oxygens (including phenoxy) is 2. The zero-order valence-electron chi connectivity index (χ0n) is 11.8. The Morgan fingerprint density at radius 2 is 1.89 bits per heavy atom. The average Bonchev–Trinajstić information content (AvgIpc) is 3.18. The molecule has 19 heavy (non-hydrogen) atoms. The number of rotatable bonds is 5. The first-order valence-corrected chi connectivity index (χ1v) is 7.82. The highest BCUT2D eigenvalue weighted by Crippen LogP contribution is 2.48. The van der Waals surface area contributed by atoms with Crippen LogP contribution in [0.2, 0.25) is 0 Å². The second kappa shape index (κ2) is 5.68. The summed E-state index contributed by atoms with van der Waals surface area (Å²) >= 11 is 0. The van der Waals surface area contributed by atoms with Gasteiger partial charge in [-0.15, -0.1) is 0 Å². The quantitative estimate of drug-likeness (QED) is 0.793. The van der Waals surface area contributed by atoms with Crippen LogP contribution in [0.25, 0.3) is 0 Å². The van der Waals surface area contributed by atoms with Crippen molar-refractivity contribution >= 4 is 0 Å². The van der Waals surface area contributed by atoms with Crippen molar-refractivity contribution in [2.75, 3.05) is 33.0 Å². The molecule has 1 aliphatic carbocycles. The molecule has 3 rings (SSSR count). The Kier molecular flexibility index (Phi) is 4.13. The summed E-state index contributed by atoms with van der Waals surface area (Å²) in [6.45, 7) is 3.98. The van der Waals surface area contributed by atoms with Gasteiger partial charge in [-0.2, -0.15) is 0 Å². The Morgan fingerprint density at radius 3 is 2.58 bits per heavy atom. The second-order valence-electron chi connectivity index (χ2n) is 6.69. The molecule has 2 aliphatic heterocycles. The maximum atomic E-state index is 9.12. The van der Waals surface area contributed by atoms with E-state index in [2.05, 4.69) is 5.32 Å². The van der Waals surface area contributed by atoms with E-state index in [0.29, 0.717) is 18.1 Å². The molecule has 4 heteroatoms. The van der Waals surface area contributed by atoms with E-state index in [-0.39, 0.29) is 5.60 Å². The first-order chi connectivity index (χ1) is 9.26. The lowest BCUT2D eigenvalue weighted by Gasteiger charge is -2.43. The molecule has 2 heterocycles. The fourth-order valence-corrected chi connectivity index (χ4v) is 3.58. The third kappa shape index (κ3) is 3.30. The van der Waals surface area contributed by atoms with Crippen LogP contribution in [-0.2, 0) is 9.47 Å². The molecule has 110 valence electrons. The molecule has 1 unspecified atom stereocenters. The van der Waals surface area contributed by atoms with Crippen LogP contribution in [-0.4, -0.2) is 49.7 Å². The molecule has 2 saturated heterocycles. The summed E-state index contributed by atoms with van der Waals surface area (Å²) in [5.41, 5.74) is 0.498. The Hall–Kier alpha value is -0.160. The lowest BCUT2D eigenvalue weighted by atomic mass is 9.84. The number of hydrogen-bond acceptors (Lipinski definition) is 4. The minimum atomic E-state index is 0.0852. The van der Waals surface area contributed by atoms with E-state index >= 15 is 0 Å². The molecule has 1 atom stereocenters. The molecule has 4 nitrogen and oxygen atoms in total. The summed E-state index contributed by atoms with van der Waals surface area (Å²) in [5.74, 6) is 0. The Balaban J connectivity index is 1.48. The van der Waals surface area contributed by atoms with Gasteiger partial charge in [0.05, 0.1) is 5.60 Å². The molecule has 0 aromatic rings. The van der Waals surface area contributed by atoms with Gasteiger partial charge in [-0.05, 0) is 50.4 Å². The summed E-state index contributed by atoms with van der Waals surface area (Å²) in [5, 5.41) is 12.9. The topological polar surface area (TPSA) is 50.7 Å². The van der Waals surface area contributed by atoms with Crippen LogP contribution < -0.4 is 5.32 Å². The van der Waals surface area contributed by atoms with Gasteiger partial charge in [-0.25, -0.2) is 0 Å². The SMILES string of the molecule is OCCC1(CNC2CCOC3(CCOCC3)C2)CC1. The lowest BCUT2D eigenvalue weighted by molar-refractivity contribution is -0.140. The van der Waals surface area contributed by atoms with Crippen molar-refractivity contribution in [2.24, 2.45) is 5.41 Å². The van der Waals surface area contributed by atoms with Gasteiger partial charge in [0.1, 0.15) is 0 Å². The number of hydrogen-bond donors (Lipinski definition) is 2. The zero-order chi connectivity index (χ0) is 13.2. The predicted molar refractivity (Wildman–Crippen MR) is 73.1 cm³/mol. The summed E-state index contributed by atoms with van der Waals surface area (Å²) in [7, 11) is 0. The van der Waals surface area contributed by atoms with Gasteiger partial charge in [0.2, 0.25) is 0 Å². The monoisotopic (exact) mass is 269 g/mol. The summed E-state index contributed by atoms with van der Waals surface area (Å²) in [6, 6.07) is 0.586. The highest BCUT2D eigenvalue weighted by atomic mass is 16.5. The van der Waals surface area contributed by atoms with Gasteiger partial charge in [0.15, 0.2) is 0 Å². The standard InChI is InChI=1S/C15H27NO3/c17-7-4-14(2-3-14)12-16-13-1-8-19-15(11-13)5-9-18-10-6-15/h13,16-17H,1-12H2. The van der Waals surface area contributed by atoms with Crippen molar-refractivity contribution in [3.05, 3.63) is 0 Å². The molecule has 0 aromatic heterocycles. The Morgan fingerprint density at radius 1 is 1.11 bits per heavy atom. The molecule has 1 spiro atoms. The molecule has 1 saturated carbocycles. The summed E-state index contributed by atoms with van der Waals surface area (Å²) < 4.78 is 11.5. The van der Waals surface area contributed by atoms with Crippen molar-refractivity contribution in [3.8, 4) is 0 Å². The molecule has 0 bridgehead atoms. The molecule has 0 amide bonds. The van der Waals surface area contributed by atoms with Gasteiger partial charge in [0, 0.05) is 39.0 Å². The molecule has 0 radical (unpaired) electrons. The highest BCUT2D eigenvalue weighted by molar-refractivity contribution is 4.97. The van der Waals surface area contributed by atoms with Crippen LogP contribution >= 0.6 is 0 Å². The number of aliphatic hydroxyl groups excluding tert-OH is 1. The van der Waals surface area contributed by atoms with Gasteiger partial charge in [-0.1, -0.05) is 0 Å². The van der Waals surface area contributed by atoms with E-state index in [0.717, 1.165) is 58.5 Å². The maximum Gasteiger partial charge on any atom is 0.0741 e. The van der Waals surface area contributed by atoms with Crippen molar-refractivity contribution in [3.63, 3.8) is 0 Å². The van der Waals surface area contributed by atoms with Crippen molar-refractivity contribution in [2.45, 2.75) is 56.6 Å². The minimum Gasteiger partial charge on any atom is -0.396 e. The van der Waals surface area contributed by atoms with Crippen LogP contribution in [0.4, 0.5) is 0 Å². The molecule has 0 aromatic carbocycles. The van der Waals surface area contributed by atoms with Crippen LogP contribution in [0.1, 0.15) is 44.9 Å². The van der Waals surface area contributed by atoms with Gasteiger partial charge < -0.3 is 19.9 Å². The molecule has 3 aliphatic rings. The maximum absolute atomic E-state index is 9.12. The first kappa shape index (κ1) is 13.8. The summed E-state index contributed by atoms with van der Waals surface area (Å²) in [6.07, 6.45) is 7.87. The number of aliphatic hydroxyl groups is 1. The zero-order valence-corrected chi connectivity index (χ0v) is 11.8. The fourth-order valence-electron chi connectivity index (χ4n) is 3.58. The number of nitrogens with one attached hydrogen (secondary N) is 1. The second-order valence-corrected chi connectivity index (χ2v) is 6.69. The lowest BCUT2D eigenvalue weighted by Crippen LogP contribution is -2.50. The average molecular weight is 269 g/mol. The van der Waals surface area contributed by atoms with Crippen molar-refractivity contribution < 1.29 is 14.6 Å². The van der Waals surface area contributed by atoms with E-state index < -0.39 is 0 Å². The third-order valence-corrected chi connectivity index (χ3v) is 5.26. The van der Waals surface area contributed by atoms with E-state index in [4.69, 9.17) is 14.6 Å². The molecule has 2 N–H and O–H groups in total. The highest BCUT2D eigenvalue weighted by Gasteiger charge is 2.43. The van der Waals surface area contributed by atoms with Crippen LogP contribution in [0.5, 0.6) is 0 Å². The summed E-state index contributed by atoms with van der Waals surface area (Å²) in [4.78, 5) is 0. The molecular formula is C15H27NO3. The van der Waals surface area contributed by atoms with Gasteiger partial charge >= 0.3 is 0 Å². The van der Waals surface area contributed by atoms with Crippen LogP contribution in [0, 0.1) is 5.41 Å². The van der Waals surface area contributed by atoms with Crippen molar-refractivity contribution in [1.29, 1.82) is 0 Å². The van der Waals surface area contributed by atoms with Crippen LogP contribution in [0.15, 0.2) is 0 Å². The smallest absolute Gasteiger partial charge is 0.0741 e. The van der Waals surface area contributed by atoms with E-state index in [9.17, 15) is 0 Å². The third-order valence-electron chi connectivity index (χ3n) is 5.26. The molecular weight excluding hydrogens is 242 g/mol. The van der Waals surface area contributed by atoms with E-state index in [1.807, 2.05) is 0 Å². The predicted octanol–water partition coefficient (Wildman–Crippen LogP) is 1.47. The molecule has 3 fully saturated rings. The van der Waals surface area contributed by atoms with Crippen molar-refractivity contribution in [1.82, 2.24) is 5.32 Å². The van der Waals surface area contributed by atoms with E-state index in [1.165, 1.54) is 12.8 Å². The first-order valence-electron chi connectivity index (χ1n) is 7.82.